The topological polar surface area (TPSA) is 29.5 Å². The highest BCUT2D eigenvalue weighted by Crippen LogP contribution is 2.37. The van der Waals surface area contributed by atoms with Crippen LogP contribution >= 0.6 is 7.37 Å². The predicted molar refractivity (Wildman–Crippen MR) is 150 cm³/mol. The third-order valence-corrected chi connectivity index (χ3v) is 4.53. The summed E-state index contributed by atoms with van der Waals surface area (Å²) in [4.78, 5) is 2.16. The van der Waals surface area contributed by atoms with Gasteiger partial charge in [-0.2, -0.15) is 0 Å². The molecular formula is C27H58N2O2P+. The lowest BCUT2D eigenvalue weighted by Crippen LogP contribution is -2.35. The Balaban J connectivity index is -0.000000168. The molecular weight excluding hydrogens is 415 g/mol. The standard InChI is InChI=1S/C8H18N.C7H15N.C7H15O2P.C5H10/c1-8(2)6-7-9(3,4)5;1-7(2)5-6-8(3)4;1-7(2)5-6-9-10(3,4)8;1-4-5(2)3/h1,6-7H2,2-5H3;1,5-6H2,2-4H3;1,5-6H2,2-4H3;2,4H2,1,3H3/q+1;;;. The fraction of sp³-hybridized carbons (Fsp3) is 0.704. The molecule has 0 aliphatic heterocycles. The van der Waals surface area contributed by atoms with E-state index in [0.717, 1.165) is 42.3 Å². The zero-order valence-corrected chi connectivity index (χ0v) is 24.8. The third kappa shape index (κ3) is 63.0. The molecule has 5 heteroatoms. The van der Waals surface area contributed by atoms with Crippen LogP contribution in [0.1, 0.15) is 60.3 Å². The van der Waals surface area contributed by atoms with Gasteiger partial charge in [-0.1, -0.05) is 35.8 Å². The number of nitrogens with zero attached hydrogens (tertiary/aromatic N) is 2. The Kier molecular flexibility index (Phi) is 26.2. The van der Waals surface area contributed by atoms with Gasteiger partial charge in [0.1, 0.15) is 0 Å². The summed E-state index contributed by atoms with van der Waals surface area (Å²) in [5.74, 6) is 0. The minimum absolute atomic E-state index is 0.527. The molecule has 0 unspecified atom stereocenters. The molecule has 0 amide bonds. The van der Waals surface area contributed by atoms with E-state index in [0.29, 0.717) is 6.61 Å². The van der Waals surface area contributed by atoms with Gasteiger partial charge < -0.3 is 13.9 Å². The van der Waals surface area contributed by atoms with Crippen LogP contribution in [0.2, 0.25) is 0 Å². The minimum atomic E-state index is -2.26. The lowest BCUT2D eigenvalue weighted by Gasteiger charge is -2.23. The van der Waals surface area contributed by atoms with Gasteiger partial charge in [0.05, 0.1) is 34.3 Å². The van der Waals surface area contributed by atoms with Gasteiger partial charge in [-0.15, -0.1) is 19.7 Å². The van der Waals surface area contributed by atoms with Gasteiger partial charge in [-0.3, -0.25) is 4.57 Å². The first-order chi connectivity index (χ1) is 14.2. The molecule has 32 heavy (non-hydrogen) atoms. The van der Waals surface area contributed by atoms with E-state index in [-0.39, 0.29) is 0 Å². The molecule has 0 aliphatic carbocycles. The molecule has 0 aromatic heterocycles. The average Bonchev–Trinajstić information content (AvgIpc) is 2.58. The molecule has 0 saturated heterocycles. The second-order valence-electron chi connectivity index (χ2n) is 10.3. The first kappa shape index (κ1) is 38.3. The molecule has 0 radical (unpaired) electrons. The van der Waals surface area contributed by atoms with E-state index in [4.69, 9.17) is 4.52 Å². The average molecular weight is 474 g/mol. The zero-order chi connectivity index (χ0) is 26.5. The van der Waals surface area contributed by atoms with E-state index in [9.17, 15) is 4.57 Å². The predicted octanol–water partition coefficient (Wildman–Crippen LogP) is 7.65. The van der Waals surface area contributed by atoms with Gasteiger partial charge in [-0.05, 0) is 61.1 Å². The van der Waals surface area contributed by atoms with Gasteiger partial charge in [0.15, 0.2) is 7.37 Å². The van der Waals surface area contributed by atoms with Crippen LogP contribution in [-0.2, 0) is 9.09 Å². The first-order valence-electron chi connectivity index (χ1n) is 11.5. The Hall–Kier alpha value is -0.930. The molecule has 0 N–H and O–H groups in total. The van der Waals surface area contributed by atoms with Crippen LogP contribution in [0.4, 0.5) is 0 Å². The van der Waals surface area contributed by atoms with Crippen LogP contribution in [-0.4, -0.2) is 77.6 Å². The minimum Gasteiger partial charge on any atom is -0.331 e. The molecule has 0 rings (SSSR count). The number of rotatable bonds is 11. The second kappa shape index (κ2) is 21.9. The van der Waals surface area contributed by atoms with Gasteiger partial charge in [0.25, 0.3) is 0 Å². The van der Waals surface area contributed by atoms with Crippen LogP contribution in [0.25, 0.3) is 0 Å². The molecule has 0 heterocycles. The highest BCUT2D eigenvalue weighted by atomic mass is 31.2. The van der Waals surface area contributed by atoms with Crippen molar-refractivity contribution in [3.8, 4) is 0 Å². The molecule has 0 aliphatic rings. The zero-order valence-electron chi connectivity index (χ0n) is 23.9. The fourth-order valence-corrected chi connectivity index (χ4v) is 1.91. The molecule has 0 aromatic carbocycles. The maximum atomic E-state index is 10.9. The van der Waals surface area contributed by atoms with Crippen molar-refractivity contribution < 1.29 is 13.6 Å². The fourth-order valence-electron chi connectivity index (χ4n) is 1.38. The van der Waals surface area contributed by atoms with Crippen LogP contribution in [0.15, 0.2) is 48.6 Å². The Bertz CT molecular complexity index is 567. The van der Waals surface area contributed by atoms with Crippen LogP contribution in [0, 0.1) is 0 Å². The number of hydrogen-bond donors (Lipinski definition) is 0. The first-order valence-corrected chi connectivity index (χ1v) is 14.0. The second-order valence-corrected chi connectivity index (χ2v) is 13.1. The van der Waals surface area contributed by atoms with E-state index in [1.807, 2.05) is 13.8 Å². The van der Waals surface area contributed by atoms with Gasteiger partial charge in [-0.25, -0.2) is 0 Å². The van der Waals surface area contributed by atoms with Crippen molar-refractivity contribution in [3.05, 3.63) is 48.6 Å². The lowest BCUT2D eigenvalue weighted by atomic mass is 10.2. The highest BCUT2D eigenvalue weighted by molar-refractivity contribution is 7.57. The van der Waals surface area contributed by atoms with Crippen molar-refractivity contribution >= 4 is 7.37 Å². The number of hydrogen-bond acceptors (Lipinski definition) is 3. The van der Waals surface area contributed by atoms with Crippen molar-refractivity contribution in [2.75, 3.05) is 68.3 Å². The molecule has 0 saturated carbocycles. The normalized spacial score (nSPS) is 10.5. The summed E-state index contributed by atoms with van der Waals surface area (Å²) in [5, 5.41) is 0. The highest BCUT2D eigenvalue weighted by Gasteiger charge is 2.05. The van der Waals surface area contributed by atoms with Crippen molar-refractivity contribution in [2.24, 2.45) is 0 Å². The Labute approximate surface area is 203 Å². The van der Waals surface area contributed by atoms with E-state index in [2.05, 4.69) is 87.2 Å². The monoisotopic (exact) mass is 473 g/mol. The van der Waals surface area contributed by atoms with Crippen molar-refractivity contribution in [1.29, 1.82) is 0 Å². The summed E-state index contributed by atoms with van der Waals surface area (Å²) < 4.78 is 17.0. The quantitative estimate of drug-likeness (QED) is 0.175. The third-order valence-electron chi connectivity index (χ3n) is 3.73. The molecule has 0 aromatic rings. The summed E-state index contributed by atoms with van der Waals surface area (Å²) in [6.07, 6.45) is 4.17. The Morgan fingerprint density at radius 3 is 1.34 bits per heavy atom. The molecule has 0 atom stereocenters. The van der Waals surface area contributed by atoms with Gasteiger partial charge in [0.2, 0.25) is 0 Å². The van der Waals surface area contributed by atoms with Crippen molar-refractivity contribution in [3.63, 3.8) is 0 Å². The molecule has 4 nitrogen and oxygen atoms in total. The van der Waals surface area contributed by atoms with Crippen LogP contribution in [0.3, 0.4) is 0 Å². The lowest BCUT2D eigenvalue weighted by molar-refractivity contribution is -0.870. The maximum Gasteiger partial charge on any atom is 0.197 e. The van der Waals surface area contributed by atoms with E-state index in [1.165, 1.54) is 23.3 Å². The Morgan fingerprint density at radius 1 is 0.812 bits per heavy atom. The van der Waals surface area contributed by atoms with E-state index >= 15 is 0 Å². The van der Waals surface area contributed by atoms with Crippen molar-refractivity contribution in [2.45, 2.75) is 60.3 Å². The molecule has 0 fully saturated rings. The summed E-state index contributed by atoms with van der Waals surface area (Å²) in [6.45, 7) is 31.3. The molecule has 192 valence electrons. The van der Waals surface area contributed by atoms with Crippen LogP contribution < -0.4 is 0 Å². The maximum absolute atomic E-state index is 10.9. The Morgan fingerprint density at radius 2 is 1.19 bits per heavy atom. The smallest absolute Gasteiger partial charge is 0.197 e. The van der Waals surface area contributed by atoms with Crippen molar-refractivity contribution in [1.82, 2.24) is 4.90 Å². The summed E-state index contributed by atoms with van der Waals surface area (Å²) in [7, 11) is 8.47. The largest absolute Gasteiger partial charge is 0.331 e. The van der Waals surface area contributed by atoms with Crippen LogP contribution in [0.5, 0.6) is 0 Å². The molecule has 0 spiro atoms. The van der Waals surface area contributed by atoms with E-state index in [1.54, 1.807) is 13.3 Å². The summed E-state index contributed by atoms with van der Waals surface area (Å²) in [5.41, 5.74) is 4.86. The number of allylic oxidation sites excluding steroid dienone is 1. The van der Waals surface area contributed by atoms with Gasteiger partial charge >= 0.3 is 0 Å². The summed E-state index contributed by atoms with van der Waals surface area (Å²) >= 11 is 0. The SMILES string of the molecule is C=C(C)CC.C=C(C)CCN(C)C.C=C(C)CCOP(C)(C)=O.C=C(C)CC[N+](C)(C)C. The van der Waals surface area contributed by atoms with Gasteiger partial charge in [0, 0.05) is 26.3 Å². The molecule has 0 bridgehead atoms. The van der Waals surface area contributed by atoms with E-state index < -0.39 is 7.37 Å². The summed E-state index contributed by atoms with van der Waals surface area (Å²) in [6, 6.07) is 0. The number of quaternary nitrogens is 1.